The van der Waals surface area contributed by atoms with Crippen LogP contribution in [0, 0.1) is 0 Å². The number of carbonyl (C=O) groups is 1. The molecule has 14 N–H and O–H groups in total. The molecule has 1 amide bonds. The molecule has 0 aliphatic carbocycles. The van der Waals surface area contributed by atoms with Crippen LogP contribution in [0.4, 0.5) is 0 Å². The zero-order valence-electron chi connectivity index (χ0n) is 48.5. The van der Waals surface area contributed by atoms with Crippen LogP contribution in [0.25, 0.3) is 0 Å². The number of nitrogens with one attached hydrogen (secondary N) is 1. The molecular formula is C58H108N2O20. The van der Waals surface area contributed by atoms with Gasteiger partial charge in [-0.15, -0.1) is 0 Å². The van der Waals surface area contributed by atoms with E-state index in [0.717, 1.165) is 44.9 Å². The number of aliphatic hydroxyl groups excluding tert-OH is 11. The molecule has 0 saturated carbocycles. The van der Waals surface area contributed by atoms with Gasteiger partial charge >= 0.3 is 0 Å². The van der Waals surface area contributed by atoms with Crippen molar-refractivity contribution >= 4 is 5.91 Å². The quantitative estimate of drug-likeness (QED) is 0.0310. The van der Waals surface area contributed by atoms with Gasteiger partial charge in [-0.3, -0.25) is 4.79 Å². The van der Waals surface area contributed by atoms with E-state index in [-0.39, 0.29) is 18.9 Å². The molecule has 80 heavy (non-hydrogen) atoms. The van der Waals surface area contributed by atoms with Crippen molar-refractivity contribution in [3.05, 3.63) is 12.2 Å². The Hall–Kier alpha value is -1.59. The van der Waals surface area contributed by atoms with Gasteiger partial charge in [0.25, 0.3) is 0 Å². The number of allylic oxidation sites excluding steroid dienone is 1. The molecule has 4 aliphatic heterocycles. The number of aliphatic hydroxyl groups is 11. The normalized spacial score (nSPS) is 35.9. The summed E-state index contributed by atoms with van der Waals surface area (Å²) >= 11 is 0. The van der Waals surface area contributed by atoms with Crippen LogP contribution in [0.15, 0.2) is 12.2 Å². The van der Waals surface area contributed by atoms with Crippen molar-refractivity contribution in [3.63, 3.8) is 0 Å². The van der Waals surface area contributed by atoms with E-state index in [9.17, 15) is 61.0 Å². The predicted molar refractivity (Wildman–Crippen MR) is 295 cm³/mol. The third kappa shape index (κ3) is 23.0. The van der Waals surface area contributed by atoms with Gasteiger partial charge in [0.05, 0.1) is 50.2 Å². The van der Waals surface area contributed by atoms with Crippen LogP contribution >= 0.6 is 0 Å². The minimum absolute atomic E-state index is 0.220. The number of rotatable bonds is 40. The van der Waals surface area contributed by atoms with Gasteiger partial charge in [0.2, 0.25) is 5.91 Å². The Balaban J connectivity index is 1.49. The highest BCUT2D eigenvalue weighted by Gasteiger charge is 2.55. The molecule has 4 saturated heterocycles. The van der Waals surface area contributed by atoms with Gasteiger partial charge in [-0.25, -0.2) is 0 Å². The predicted octanol–water partition coefficient (Wildman–Crippen LogP) is 2.88. The molecule has 22 nitrogen and oxygen atoms in total. The fourth-order valence-corrected chi connectivity index (χ4v) is 10.9. The molecule has 0 aromatic carbocycles. The molecule has 4 heterocycles. The maximum absolute atomic E-state index is 13.6. The Morgan fingerprint density at radius 2 is 0.925 bits per heavy atom. The first-order valence-corrected chi connectivity index (χ1v) is 30.7. The van der Waals surface area contributed by atoms with Crippen molar-refractivity contribution in [1.29, 1.82) is 0 Å². The Labute approximate surface area is 476 Å². The Kier molecular flexibility index (Phi) is 34.7. The SMILES string of the molecule is CCCCCCCCCCCCC/C=C/C(O)C(CO[C@@H]1OC(CO)[C@H](O[C@@H]2OC(CO)[C@H](O)C(O)C2O[C@@H]2OC(C)[C@H](O)C(O)C2O)C(O[C@H]2OC(C)[C@@H](O)C(O)C2O)C1N)NC(=O)CCCCCCCCCCCCCCC. The topological polar surface area (TPSA) is 351 Å². The average molecular weight is 1150 g/mol. The first-order valence-electron chi connectivity index (χ1n) is 30.7. The van der Waals surface area contributed by atoms with Gasteiger partial charge in [-0.05, 0) is 33.1 Å². The molecule has 470 valence electrons. The van der Waals surface area contributed by atoms with Crippen molar-refractivity contribution in [2.45, 2.75) is 330 Å². The maximum atomic E-state index is 13.6. The third-order valence-electron chi connectivity index (χ3n) is 16.2. The van der Waals surface area contributed by atoms with E-state index in [1.54, 1.807) is 6.08 Å². The van der Waals surface area contributed by atoms with E-state index in [1.165, 1.54) is 117 Å². The molecule has 0 spiro atoms. The first kappa shape index (κ1) is 70.9. The summed E-state index contributed by atoms with van der Waals surface area (Å²) in [5.74, 6) is -0.293. The summed E-state index contributed by atoms with van der Waals surface area (Å²) in [7, 11) is 0. The minimum atomic E-state index is -1.93. The summed E-state index contributed by atoms with van der Waals surface area (Å²) in [6.07, 6.45) is 0.493. The number of carbonyl (C=O) groups excluding carboxylic acids is 1. The standard InChI is InChI=1S/C58H108N2O20/c1-5-7-9-11-13-15-17-19-21-23-25-27-29-31-39(63)38(60-42(64)32-30-28-26-24-22-20-18-16-14-12-10-8-6-2)35-73-55-43(59)53(79-56-50(71)47(68)44(65)36(3)74-56)52(41(34-62)77-55)78-58-54(49(70)46(67)40(33-61)76-58)80-57-51(72)48(69)45(66)37(4)75-57/h29,31,36-41,43-58,61-63,65-72H,5-28,30,32-35,59H2,1-4H3,(H,60,64)/b31-29+/t36?,37?,38?,39?,40?,41?,43?,44-,45+,46+,47?,48?,49?,50?,51?,52+,53?,54?,55-,56-,57+,58+/m1/s1. The number of ether oxygens (including phenoxy) is 8. The zero-order valence-corrected chi connectivity index (χ0v) is 48.5. The lowest BCUT2D eigenvalue weighted by Gasteiger charge is -2.50. The van der Waals surface area contributed by atoms with E-state index in [1.807, 2.05) is 6.08 Å². The lowest BCUT2D eigenvalue weighted by molar-refractivity contribution is -0.392. The minimum Gasteiger partial charge on any atom is -0.394 e. The molecule has 14 unspecified atom stereocenters. The van der Waals surface area contributed by atoms with E-state index in [2.05, 4.69) is 19.2 Å². The van der Waals surface area contributed by atoms with E-state index >= 15 is 0 Å². The van der Waals surface area contributed by atoms with E-state index in [4.69, 9.17) is 43.6 Å². The number of nitrogens with two attached hydrogens (primary N) is 1. The van der Waals surface area contributed by atoms with Crippen molar-refractivity contribution in [3.8, 4) is 0 Å². The highest BCUT2D eigenvalue weighted by Crippen LogP contribution is 2.35. The van der Waals surface area contributed by atoms with Crippen molar-refractivity contribution in [2.75, 3.05) is 19.8 Å². The Bertz CT molecular complexity index is 1640. The van der Waals surface area contributed by atoms with Crippen LogP contribution in [0.1, 0.15) is 195 Å². The van der Waals surface area contributed by atoms with Crippen LogP contribution in [-0.4, -0.2) is 217 Å². The fourth-order valence-electron chi connectivity index (χ4n) is 10.9. The first-order chi connectivity index (χ1) is 38.5. The van der Waals surface area contributed by atoms with Crippen LogP contribution in [0.3, 0.4) is 0 Å². The molecule has 22 atom stereocenters. The Morgan fingerprint density at radius 1 is 0.500 bits per heavy atom. The van der Waals surface area contributed by atoms with Gasteiger partial charge < -0.3 is 105 Å². The van der Waals surface area contributed by atoms with E-state index < -0.39 is 148 Å². The Morgan fingerprint density at radius 3 is 1.40 bits per heavy atom. The molecule has 4 aliphatic rings. The lowest BCUT2D eigenvalue weighted by Crippen LogP contribution is -2.69. The molecule has 4 fully saturated rings. The zero-order chi connectivity index (χ0) is 58.6. The fraction of sp³-hybridized carbons (Fsp3) is 0.948. The summed E-state index contributed by atoms with van der Waals surface area (Å²) in [5.41, 5.74) is 6.90. The highest BCUT2D eigenvalue weighted by molar-refractivity contribution is 5.76. The van der Waals surface area contributed by atoms with Crippen LogP contribution in [0.5, 0.6) is 0 Å². The van der Waals surface area contributed by atoms with Gasteiger partial charge in [0.15, 0.2) is 25.2 Å². The van der Waals surface area contributed by atoms with Crippen molar-refractivity contribution in [1.82, 2.24) is 5.32 Å². The van der Waals surface area contributed by atoms with Crippen LogP contribution < -0.4 is 11.1 Å². The number of amides is 1. The summed E-state index contributed by atoms with van der Waals surface area (Å²) < 4.78 is 48.4. The van der Waals surface area contributed by atoms with Gasteiger partial charge in [-0.1, -0.05) is 167 Å². The molecule has 0 radical (unpaired) electrons. The molecule has 0 aromatic rings. The molecule has 0 bridgehead atoms. The summed E-state index contributed by atoms with van der Waals surface area (Å²) in [6.45, 7) is 5.23. The molecular weight excluding hydrogens is 1040 g/mol. The molecule has 0 aromatic heterocycles. The van der Waals surface area contributed by atoms with Gasteiger partial charge in [0, 0.05) is 6.42 Å². The van der Waals surface area contributed by atoms with Crippen molar-refractivity contribution < 1.29 is 98.9 Å². The van der Waals surface area contributed by atoms with Gasteiger partial charge in [0.1, 0.15) is 79.4 Å². The number of hydrogen-bond acceptors (Lipinski definition) is 21. The second kappa shape index (κ2) is 39.2. The molecule has 4 rings (SSSR count). The lowest BCUT2D eigenvalue weighted by atomic mass is 9.94. The second-order valence-corrected chi connectivity index (χ2v) is 22.9. The second-order valence-electron chi connectivity index (χ2n) is 22.9. The maximum Gasteiger partial charge on any atom is 0.220 e. The largest absolute Gasteiger partial charge is 0.394 e. The van der Waals surface area contributed by atoms with Gasteiger partial charge in [-0.2, -0.15) is 0 Å². The van der Waals surface area contributed by atoms with Crippen LogP contribution in [-0.2, 0) is 42.7 Å². The number of hydrogen-bond donors (Lipinski definition) is 13. The smallest absolute Gasteiger partial charge is 0.220 e. The van der Waals surface area contributed by atoms with Crippen molar-refractivity contribution in [2.24, 2.45) is 5.73 Å². The third-order valence-corrected chi connectivity index (χ3v) is 16.2. The average Bonchev–Trinajstić information content (AvgIpc) is 3.58. The summed E-state index contributed by atoms with van der Waals surface area (Å²) in [4.78, 5) is 13.6. The monoisotopic (exact) mass is 1150 g/mol. The van der Waals surface area contributed by atoms with E-state index in [0.29, 0.717) is 12.8 Å². The number of unbranched alkanes of at least 4 members (excludes halogenated alkanes) is 23. The summed E-state index contributed by atoms with van der Waals surface area (Å²) in [5, 5.41) is 122. The molecule has 22 heteroatoms. The van der Waals surface area contributed by atoms with Crippen LogP contribution in [0.2, 0.25) is 0 Å². The highest BCUT2D eigenvalue weighted by atomic mass is 16.8. The summed E-state index contributed by atoms with van der Waals surface area (Å²) in [6, 6.07) is -2.46.